The summed E-state index contributed by atoms with van der Waals surface area (Å²) in [5.41, 5.74) is 2.94. The summed E-state index contributed by atoms with van der Waals surface area (Å²) in [6, 6.07) is 0. The number of aromatic nitrogens is 1. The van der Waals surface area contributed by atoms with Crippen molar-refractivity contribution >= 4 is 6.09 Å². The van der Waals surface area contributed by atoms with Crippen LogP contribution in [-0.4, -0.2) is 60.3 Å². The zero-order valence-corrected chi connectivity index (χ0v) is 15.1. The first-order valence-corrected chi connectivity index (χ1v) is 8.60. The van der Waals surface area contributed by atoms with Gasteiger partial charge in [0.15, 0.2) is 0 Å². The van der Waals surface area contributed by atoms with Gasteiger partial charge in [-0.25, -0.2) is 4.79 Å². The number of likely N-dealkylation sites (N-methyl/N-ethyl adjacent to an activating group) is 1. The molecule has 2 saturated heterocycles. The molecule has 1 aromatic rings. The second kappa shape index (κ2) is 6.59. The van der Waals surface area contributed by atoms with Crippen molar-refractivity contribution in [2.45, 2.75) is 45.3 Å². The van der Waals surface area contributed by atoms with Gasteiger partial charge >= 0.3 is 6.09 Å². The van der Waals surface area contributed by atoms with Crippen LogP contribution in [0.3, 0.4) is 0 Å². The van der Waals surface area contributed by atoms with Crippen LogP contribution in [-0.2, 0) is 11.3 Å². The van der Waals surface area contributed by atoms with Crippen LogP contribution < -0.4 is 4.74 Å². The van der Waals surface area contributed by atoms with Crippen LogP contribution in [0.25, 0.3) is 0 Å². The maximum Gasteiger partial charge on any atom is 0.410 e. The van der Waals surface area contributed by atoms with Crippen LogP contribution >= 0.6 is 0 Å². The Morgan fingerprint density at radius 3 is 2.79 bits per heavy atom. The molecule has 24 heavy (non-hydrogen) atoms. The summed E-state index contributed by atoms with van der Waals surface area (Å²) >= 11 is 0. The maximum atomic E-state index is 11.7. The van der Waals surface area contributed by atoms with Crippen molar-refractivity contribution in [3.8, 4) is 5.75 Å². The molecule has 1 unspecified atom stereocenters. The van der Waals surface area contributed by atoms with E-state index >= 15 is 0 Å². The highest BCUT2D eigenvalue weighted by Gasteiger charge is 2.44. The van der Waals surface area contributed by atoms with E-state index < -0.39 is 0 Å². The number of carbonyl (C=O) groups excluding carboxylic acids is 1. The van der Waals surface area contributed by atoms with Crippen molar-refractivity contribution in [2.24, 2.45) is 0 Å². The Morgan fingerprint density at radius 2 is 2.12 bits per heavy atom. The average molecular weight is 333 g/mol. The van der Waals surface area contributed by atoms with E-state index in [1.54, 1.807) is 12.0 Å². The van der Waals surface area contributed by atoms with Crippen LogP contribution in [0.5, 0.6) is 5.75 Å². The van der Waals surface area contributed by atoms with Gasteiger partial charge in [-0.15, -0.1) is 0 Å². The summed E-state index contributed by atoms with van der Waals surface area (Å²) in [5, 5.41) is 0. The number of hydrogen-bond acceptors (Lipinski definition) is 5. The van der Waals surface area contributed by atoms with E-state index in [1.165, 1.54) is 0 Å². The normalized spacial score (nSPS) is 25.0. The number of aryl methyl sites for hydroxylation is 1. The lowest BCUT2D eigenvalue weighted by molar-refractivity contribution is 0.0442. The second-order valence-corrected chi connectivity index (χ2v) is 7.08. The molecule has 2 fully saturated rings. The van der Waals surface area contributed by atoms with Crippen LogP contribution in [0.4, 0.5) is 4.79 Å². The molecule has 0 aromatic carbocycles. The summed E-state index contributed by atoms with van der Waals surface area (Å²) in [4.78, 5) is 20.4. The van der Waals surface area contributed by atoms with Crippen LogP contribution in [0.15, 0.2) is 6.20 Å². The SMILES string of the molecule is COc1c(C)cnc(CN2CCCC3(CC2)CN(C)C(=O)O3)c1C. The molecule has 0 saturated carbocycles. The second-order valence-electron chi connectivity index (χ2n) is 7.08. The van der Waals surface area contributed by atoms with E-state index in [1.807, 2.05) is 20.2 Å². The van der Waals surface area contributed by atoms with E-state index in [0.29, 0.717) is 6.54 Å². The van der Waals surface area contributed by atoms with Crippen molar-refractivity contribution in [2.75, 3.05) is 33.8 Å². The van der Waals surface area contributed by atoms with Gasteiger partial charge in [-0.05, 0) is 33.2 Å². The zero-order valence-electron chi connectivity index (χ0n) is 15.1. The number of nitrogens with zero attached hydrogens (tertiary/aromatic N) is 3. The minimum atomic E-state index is -0.298. The highest BCUT2D eigenvalue weighted by molar-refractivity contribution is 5.70. The maximum absolute atomic E-state index is 11.7. The van der Waals surface area contributed by atoms with Crippen molar-refractivity contribution in [1.82, 2.24) is 14.8 Å². The Labute approximate surface area is 143 Å². The highest BCUT2D eigenvalue weighted by Crippen LogP contribution is 2.33. The number of carbonyl (C=O) groups is 1. The van der Waals surface area contributed by atoms with Crippen molar-refractivity contribution < 1.29 is 14.3 Å². The molecule has 0 aliphatic carbocycles. The zero-order chi connectivity index (χ0) is 17.3. The fourth-order valence-electron chi connectivity index (χ4n) is 3.88. The summed E-state index contributed by atoms with van der Waals surface area (Å²) < 4.78 is 11.2. The molecule has 0 bridgehead atoms. The number of pyridine rings is 1. The van der Waals surface area contributed by atoms with Gasteiger partial charge < -0.3 is 14.4 Å². The topological polar surface area (TPSA) is 54.9 Å². The Bertz CT molecular complexity index is 634. The van der Waals surface area contributed by atoms with Gasteiger partial charge in [0.1, 0.15) is 11.4 Å². The van der Waals surface area contributed by atoms with Crippen LogP contribution in [0.2, 0.25) is 0 Å². The molecule has 3 heterocycles. The standard InChI is InChI=1S/C18H27N3O3/c1-13-10-19-15(14(2)16(13)23-4)11-21-8-5-6-18(7-9-21)12-20(3)17(22)24-18/h10H,5-9,11-12H2,1-4H3. The van der Waals surface area contributed by atoms with Gasteiger partial charge in [0.2, 0.25) is 0 Å². The van der Waals surface area contributed by atoms with Crippen molar-refractivity contribution in [3.05, 3.63) is 23.0 Å². The van der Waals surface area contributed by atoms with Crippen LogP contribution in [0, 0.1) is 13.8 Å². The first kappa shape index (κ1) is 17.0. The van der Waals surface area contributed by atoms with Crippen LogP contribution in [0.1, 0.15) is 36.1 Å². The minimum Gasteiger partial charge on any atom is -0.496 e. The molecule has 0 N–H and O–H groups in total. The van der Waals surface area contributed by atoms with Gasteiger partial charge in [-0.2, -0.15) is 0 Å². The molecule has 1 atom stereocenters. The summed E-state index contributed by atoms with van der Waals surface area (Å²) in [7, 11) is 3.52. The Hall–Kier alpha value is -1.82. The lowest BCUT2D eigenvalue weighted by Gasteiger charge is -2.25. The van der Waals surface area contributed by atoms with Gasteiger partial charge in [-0.1, -0.05) is 0 Å². The third-order valence-electron chi connectivity index (χ3n) is 5.25. The predicted octanol–water partition coefficient (Wildman–Crippen LogP) is 2.51. The Morgan fingerprint density at radius 1 is 1.33 bits per heavy atom. The third-order valence-corrected chi connectivity index (χ3v) is 5.25. The molecular weight excluding hydrogens is 306 g/mol. The van der Waals surface area contributed by atoms with E-state index in [4.69, 9.17) is 9.47 Å². The molecule has 6 nitrogen and oxygen atoms in total. The molecule has 2 aliphatic heterocycles. The van der Waals surface area contributed by atoms with Gasteiger partial charge in [-0.3, -0.25) is 9.88 Å². The molecule has 1 spiro atoms. The first-order chi connectivity index (χ1) is 11.4. The molecule has 3 rings (SSSR count). The Kier molecular flexibility index (Phi) is 4.67. The van der Waals surface area contributed by atoms with E-state index in [0.717, 1.165) is 61.5 Å². The first-order valence-electron chi connectivity index (χ1n) is 8.60. The lowest BCUT2D eigenvalue weighted by Crippen LogP contribution is -2.35. The predicted molar refractivity (Wildman–Crippen MR) is 91.2 cm³/mol. The third kappa shape index (κ3) is 3.20. The van der Waals surface area contributed by atoms with E-state index in [9.17, 15) is 4.79 Å². The molecule has 1 aromatic heterocycles. The molecule has 0 radical (unpaired) electrons. The molecule has 132 valence electrons. The minimum absolute atomic E-state index is 0.191. The van der Waals surface area contributed by atoms with Crippen molar-refractivity contribution in [1.29, 1.82) is 0 Å². The van der Waals surface area contributed by atoms with Gasteiger partial charge in [0, 0.05) is 43.9 Å². The number of rotatable bonds is 3. The largest absolute Gasteiger partial charge is 0.496 e. The fraction of sp³-hybridized carbons (Fsp3) is 0.667. The number of hydrogen-bond donors (Lipinski definition) is 0. The summed E-state index contributed by atoms with van der Waals surface area (Å²) in [6.07, 6.45) is 4.54. The number of methoxy groups -OCH3 is 1. The van der Waals surface area contributed by atoms with E-state index in [-0.39, 0.29) is 11.7 Å². The van der Waals surface area contributed by atoms with Crippen molar-refractivity contribution in [3.63, 3.8) is 0 Å². The Balaban J connectivity index is 1.69. The monoisotopic (exact) mass is 333 g/mol. The smallest absolute Gasteiger partial charge is 0.410 e. The van der Waals surface area contributed by atoms with Gasteiger partial charge in [0.05, 0.1) is 19.3 Å². The van der Waals surface area contributed by atoms with Gasteiger partial charge in [0.25, 0.3) is 0 Å². The number of likely N-dealkylation sites (tertiary alicyclic amines) is 1. The quantitative estimate of drug-likeness (QED) is 0.851. The highest BCUT2D eigenvalue weighted by atomic mass is 16.6. The average Bonchev–Trinajstić information content (AvgIpc) is 2.70. The lowest BCUT2D eigenvalue weighted by atomic mass is 9.95. The molecular formula is C18H27N3O3. The fourth-order valence-corrected chi connectivity index (χ4v) is 3.88. The molecule has 2 aliphatic rings. The van der Waals surface area contributed by atoms with E-state index in [2.05, 4.69) is 16.8 Å². The molecule has 1 amide bonds. The summed E-state index contributed by atoms with van der Waals surface area (Å²) in [5.74, 6) is 0.928. The molecule has 6 heteroatoms. The number of amides is 1. The number of ether oxygens (including phenoxy) is 2. The summed E-state index contributed by atoms with van der Waals surface area (Å²) in [6.45, 7) is 7.51.